The van der Waals surface area contributed by atoms with Gasteiger partial charge >= 0.3 is 0 Å². The summed E-state index contributed by atoms with van der Waals surface area (Å²) in [6.45, 7) is 4.27. The molecule has 3 heterocycles. The van der Waals surface area contributed by atoms with E-state index in [9.17, 15) is 9.59 Å². The van der Waals surface area contributed by atoms with Gasteiger partial charge in [0.15, 0.2) is 0 Å². The fourth-order valence-electron chi connectivity index (χ4n) is 6.35. The van der Waals surface area contributed by atoms with Gasteiger partial charge in [-0.2, -0.15) is 0 Å². The zero-order chi connectivity index (χ0) is 34.5. The van der Waals surface area contributed by atoms with Crippen LogP contribution in [0.25, 0.3) is 21.8 Å². The topological polar surface area (TPSA) is 99.5 Å². The number of carbonyl (C=O) groups excluding carboxylic acids is 2. The second kappa shape index (κ2) is 18.3. The molecular weight excluding hydrogens is 665 g/mol. The smallest absolute Gasteiger partial charge is 0.239 e. The first-order valence-electron chi connectivity index (χ1n) is 17.9. The average molecular weight is 713 g/mol. The molecule has 0 unspecified atom stereocenters. The van der Waals surface area contributed by atoms with Crippen molar-refractivity contribution in [3.63, 3.8) is 0 Å². The standard InChI is InChI=1S/C40H48N4O4S2/c1-2-21-47-32-12-14-37-35(23-32)30(25-42-37)16-19-41-39(45)27-44(40(46)11-7-6-10-34-18-22-49-50-34)20-17-31-26-43-38-15-13-33(24-36(31)38)48-28-29-8-4-3-5-9-29/h3-5,8-9,12-15,23-26,34,42-43H,2,6-7,10-11,16-22,27-28H2,1H3,(H,41,45)/t34-/m1/s1. The van der Waals surface area contributed by atoms with Gasteiger partial charge in [-0.05, 0) is 91.6 Å². The van der Waals surface area contributed by atoms with E-state index in [1.165, 1.54) is 12.2 Å². The summed E-state index contributed by atoms with van der Waals surface area (Å²) in [7, 11) is 3.94. The number of benzene rings is 3. The first-order valence-corrected chi connectivity index (χ1v) is 20.3. The van der Waals surface area contributed by atoms with Crippen LogP contribution >= 0.6 is 21.6 Å². The van der Waals surface area contributed by atoms with Gasteiger partial charge in [0.05, 0.1) is 13.2 Å². The Balaban J connectivity index is 1.06. The Morgan fingerprint density at radius 3 is 2.32 bits per heavy atom. The number of amides is 2. The lowest BCUT2D eigenvalue weighted by molar-refractivity contribution is -0.136. The van der Waals surface area contributed by atoms with Gasteiger partial charge in [0, 0.05) is 64.7 Å². The molecule has 2 aromatic heterocycles. The highest BCUT2D eigenvalue weighted by Crippen LogP contribution is 2.40. The highest BCUT2D eigenvalue weighted by atomic mass is 33.1. The van der Waals surface area contributed by atoms with Crippen molar-refractivity contribution in [2.45, 2.75) is 70.1 Å². The van der Waals surface area contributed by atoms with Crippen molar-refractivity contribution in [3.8, 4) is 11.5 Å². The minimum absolute atomic E-state index is 0.0385. The van der Waals surface area contributed by atoms with Gasteiger partial charge in [-0.1, -0.05) is 65.3 Å². The Morgan fingerprint density at radius 2 is 1.62 bits per heavy atom. The largest absolute Gasteiger partial charge is 0.494 e. The number of unbranched alkanes of at least 4 members (excludes halogenated alkanes) is 1. The van der Waals surface area contributed by atoms with Crippen LogP contribution in [0.15, 0.2) is 79.1 Å². The van der Waals surface area contributed by atoms with Crippen molar-refractivity contribution in [2.24, 2.45) is 0 Å². The van der Waals surface area contributed by atoms with Gasteiger partial charge in [-0.15, -0.1) is 0 Å². The molecule has 2 amide bonds. The van der Waals surface area contributed by atoms with E-state index in [1.807, 2.05) is 76.4 Å². The number of nitrogens with one attached hydrogen (secondary N) is 3. The van der Waals surface area contributed by atoms with Crippen molar-refractivity contribution < 1.29 is 19.1 Å². The van der Waals surface area contributed by atoms with Crippen molar-refractivity contribution in [1.82, 2.24) is 20.2 Å². The van der Waals surface area contributed by atoms with E-state index in [0.29, 0.717) is 50.8 Å². The number of nitrogens with zero attached hydrogens (tertiary/aromatic N) is 1. The van der Waals surface area contributed by atoms with E-state index in [2.05, 4.69) is 46.5 Å². The fraction of sp³-hybridized carbons (Fsp3) is 0.400. The Morgan fingerprint density at radius 1 is 0.900 bits per heavy atom. The predicted octanol–water partition coefficient (Wildman–Crippen LogP) is 8.46. The average Bonchev–Trinajstić information content (AvgIpc) is 3.91. The first kappa shape index (κ1) is 35.8. The van der Waals surface area contributed by atoms with Crippen molar-refractivity contribution in [3.05, 3.63) is 95.8 Å². The highest BCUT2D eigenvalue weighted by Gasteiger charge is 2.20. The molecule has 50 heavy (non-hydrogen) atoms. The minimum Gasteiger partial charge on any atom is -0.494 e. The zero-order valence-corrected chi connectivity index (χ0v) is 30.5. The van der Waals surface area contributed by atoms with Crippen LogP contribution in [0.4, 0.5) is 0 Å². The fourth-order valence-corrected chi connectivity index (χ4v) is 9.38. The van der Waals surface area contributed by atoms with Gasteiger partial charge in [-0.25, -0.2) is 0 Å². The second-order valence-corrected chi connectivity index (χ2v) is 15.7. The van der Waals surface area contributed by atoms with E-state index in [-0.39, 0.29) is 18.4 Å². The number of hydrogen-bond acceptors (Lipinski definition) is 6. The van der Waals surface area contributed by atoms with Crippen LogP contribution in [0.5, 0.6) is 11.5 Å². The molecule has 0 aliphatic carbocycles. The summed E-state index contributed by atoms with van der Waals surface area (Å²) >= 11 is 0. The van der Waals surface area contributed by atoms with Crippen LogP contribution in [-0.2, 0) is 29.0 Å². The maximum atomic E-state index is 13.6. The Labute approximate surface area is 302 Å². The summed E-state index contributed by atoms with van der Waals surface area (Å²) < 4.78 is 11.9. The van der Waals surface area contributed by atoms with Crippen LogP contribution in [0, 0.1) is 0 Å². The molecule has 1 aliphatic heterocycles. The molecule has 0 spiro atoms. The molecule has 0 saturated carbocycles. The molecule has 1 aliphatic rings. The molecule has 8 nitrogen and oxygen atoms in total. The van der Waals surface area contributed by atoms with Crippen molar-refractivity contribution >= 4 is 55.2 Å². The molecule has 1 atom stereocenters. The molecule has 1 saturated heterocycles. The lowest BCUT2D eigenvalue weighted by Gasteiger charge is -2.22. The van der Waals surface area contributed by atoms with E-state index in [1.54, 1.807) is 4.90 Å². The van der Waals surface area contributed by atoms with Crippen LogP contribution in [0.3, 0.4) is 0 Å². The number of hydrogen-bond donors (Lipinski definition) is 3. The second-order valence-electron chi connectivity index (χ2n) is 12.9. The highest BCUT2D eigenvalue weighted by molar-refractivity contribution is 8.77. The van der Waals surface area contributed by atoms with Crippen LogP contribution in [-0.4, -0.2) is 63.9 Å². The van der Waals surface area contributed by atoms with Crippen molar-refractivity contribution in [1.29, 1.82) is 0 Å². The van der Waals surface area contributed by atoms with E-state index in [0.717, 1.165) is 75.7 Å². The first-order chi connectivity index (χ1) is 24.6. The number of fused-ring (bicyclic) bond motifs is 2. The number of aromatic amines is 2. The Hall–Kier alpha value is -4.02. The maximum absolute atomic E-state index is 13.6. The van der Waals surface area contributed by atoms with E-state index < -0.39 is 0 Å². The summed E-state index contributed by atoms with van der Waals surface area (Å²) in [6.07, 6.45) is 11.0. The van der Waals surface area contributed by atoms with Gasteiger partial charge in [-0.3, -0.25) is 9.59 Å². The molecule has 3 N–H and O–H groups in total. The maximum Gasteiger partial charge on any atom is 0.239 e. The molecule has 6 rings (SSSR count). The normalized spacial score (nSPS) is 14.3. The summed E-state index contributed by atoms with van der Waals surface area (Å²) in [6, 6.07) is 22.3. The minimum atomic E-state index is -0.139. The number of ether oxygens (including phenoxy) is 2. The SMILES string of the molecule is CCCOc1ccc2[nH]cc(CCNC(=O)CN(CCc3c[nH]c4ccc(OCc5ccccc5)cc34)C(=O)CCCC[C@@H]3CCSS3)c2c1. The third-order valence-corrected chi connectivity index (χ3v) is 12.2. The van der Waals surface area contributed by atoms with Crippen molar-refractivity contribution in [2.75, 3.05) is 32.0 Å². The van der Waals surface area contributed by atoms with E-state index >= 15 is 0 Å². The number of aromatic nitrogens is 2. The lowest BCUT2D eigenvalue weighted by Crippen LogP contribution is -2.42. The van der Waals surface area contributed by atoms with E-state index in [4.69, 9.17) is 9.47 Å². The van der Waals surface area contributed by atoms with Crippen LogP contribution in [0.2, 0.25) is 0 Å². The summed E-state index contributed by atoms with van der Waals surface area (Å²) in [5.74, 6) is 2.77. The molecule has 1 fully saturated rings. The lowest BCUT2D eigenvalue weighted by atomic mass is 10.1. The molecule has 10 heteroatoms. The zero-order valence-electron chi connectivity index (χ0n) is 28.9. The van der Waals surface area contributed by atoms with Gasteiger partial charge in [0.1, 0.15) is 18.1 Å². The molecule has 0 bridgehead atoms. The molecule has 0 radical (unpaired) electrons. The number of H-pyrrole nitrogens is 2. The Kier molecular flexibility index (Phi) is 13.1. The number of rotatable bonds is 19. The van der Waals surface area contributed by atoms with Crippen LogP contribution in [0.1, 0.15) is 62.1 Å². The predicted molar refractivity (Wildman–Crippen MR) is 207 cm³/mol. The molecule has 3 aromatic carbocycles. The van der Waals surface area contributed by atoms with Gasteiger partial charge < -0.3 is 29.7 Å². The molecule has 5 aromatic rings. The Bertz CT molecular complexity index is 1830. The third-order valence-electron chi connectivity index (χ3n) is 9.15. The van der Waals surface area contributed by atoms with Gasteiger partial charge in [0.25, 0.3) is 0 Å². The summed E-state index contributed by atoms with van der Waals surface area (Å²) in [4.78, 5) is 35.3. The summed E-state index contributed by atoms with van der Waals surface area (Å²) in [5.41, 5.74) is 5.40. The molecule has 264 valence electrons. The van der Waals surface area contributed by atoms with Crippen LogP contribution < -0.4 is 14.8 Å². The summed E-state index contributed by atoms with van der Waals surface area (Å²) in [5, 5.41) is 5.95. The molecular formula is C40H48N4O4S2. The monoisotopic (exact) mass is 712 g/mol. The van der Waals surface area contributed by atoms with Gasteiger partial charge in [0.2, 0.25) is 11.8 Å². The quantitative estimate of drug-likeness (QED) is 0.0587. The third kappa shape index (κ3) is 10.0. The number of carbonyl (C=O) groups is 2.